The van der Waals surface area contributed by atoms with Gasteiger partial charge in [-0.15, -0.1) is 11.8 Å². The standard InChI is InChI=1S/C19H26ClN3O2S/c1-2-21-11-14-7-9-22(10-8-14)19(25)17-12-26-13-23(17)18(24)15-3-5-16(20)6-4-15/h3-6,14,17,21H,2,7-13H2,1H3. The van der Waals surface area contributed by atoms with Gasteiger partial charge in [-0.05, 0) is 56.1 Å². The number of thioether (sulfide) groups is 1. The first-order valence-electron chi connectivity index (χ1n) is 9.24. The van der Waals surface area contributed by atoms with Crippen LogP contribution in [0.2, 0.25) is 5.02 Å². The van der Waals surface area contributed by atoms with Crippen molar-refractivity contribution < 1.29 is 9.59 Å². The first-order chi connectivity index (χ1) is 12.6. The monoisotopic (exact) mass is 395 g/mol. The molecule has 5 nitrogen and oxygen atoms in total. The summed E-state index contributed by atoms with van der Waals surface area (Å²) in [5.74, 6) is 1.89. The van der Waals surface area contributed by atoms with Crippen LogP contribution in [0.3, 0.4) is 0 Å². The molecule has 1 aromatic carbocycles. The van der Waals surface area contributed by atoms with Gasteiger partial charge in [-0.3, -0.25) is 9.59 Å². The van der Waals surface area contributed by atoms with Crippen molar-refractivity contribution in [3.05, 3.63) is 34.9 Å². The minimum absolute atomic E-state index is 0.0907. The summed E-state index contributed by atoms with van der Waals surface area (Å²) in [6.07, 6.45) is 2.06. The maximum atomic E-state index is 13.0. The fourth-order valence-corrected chi connectivity index (χ4v) is 4.79. The first-order valence-corrected chi connectivity index (χ1v) is 10.8. The molecule has 26 heavy (non-hydrogen) atoms. The molecule has 1 unspecified atom stereocenters. The Bertz CT molecular complexity index is 632. The van der Waals surface area contributed by atoms with Crippen molar-refractivity contribution >= 4 is 35.2 Å². The number of nitrogens with one attached hydrogen (secondary N) is 1. The number of rotatable bonds is 5. The fourth-order valence-electron chi connectivity index (χ4n) is 3.52. The van der Waals surface area contributed by atoms with E-state index in [1.54, 1.807) is 40.9 Å². The van der Waals surface area contributed by atoms with Gasteiger partial charge in [0.25, 0.3) is 5.91 Å². The van der Waals surface area contributed by atoms with E-state index < -0.39 is 0 Å². The molecule has 2 amide bonds. The van der Waals surface area contributed by atoms with E-state index in [2.05, 4.69) is 12.2 Å². The van der Waals surface area contributed by atoms with Crippen molar-refractivity contribution in [2.75, 3.05) is 37.8 Å². The Balaban J connectivity index is 1.60. The summed E-state index contributed by atoms with van der Waals surface area (Å²) < 4.78 is 0. The van der Waals surface area contributed by atoms with Crippen molar-refractivity contribution in [1.82, 2.24) is 15.1 Å². The molecule has 7 heteroatoms. The van der Waals surface area contributed by atoms with Crippen molar-refractivity contribution in [3.8, 4) is 0 Å². The van der Waals surface area contributed by atoms with Crippen LogP contribution < -0.4 is 5.32 Å². The van der Waals surface area contributed by atoms with E-state index >= 15 is 0 Å². The van der Waals surface area contributed by atoms with Gasteiger partial charge >= 0.3 is 0 Å². The molecular weight excluding hydrogens is 370 g/mol. The number of carbonyl (C=O) groups excluding carboxylic acids is 2. The predicted octanol–water partition coefficient (Wildman–Crippen LogP) is 2.70. The van der Waals surface area contributed by atoms with E-state index in [1.165, 1.54) is 0 Å². The highest BCUT2D eigenvalue weighted by atomic mass is 35.5. The van der Waals surface area contributed by atoms with Crippen LogP contribution in [0.15, 0.2) is 24.3 Å². The van der Waals surface area contributed by atoms with Crippen LogP contribution in [0.1, 0.15) is 30.1 Å². The normalized spacial score (nSPS) is 21.2. The summed E-state index contributed by atoms with van der Waals surface area (Å²) in [5.41, 5.74) is 0.582. The van der Waals surface area contributed by atoms with E-state index in [0.717, 1.165) is 39.0 Å². The van der Waals surface area contributed by atoms with Gasteiger partial charge in [0.2, 0.25) is 5.91 Å². The van der Waals surface area contributed by atoms with Crippen molar-refractivity contribution in [2.24, 2.45) is 5.92 Å². The van der Waals surface area contributed by atoms with Crippen LogP contribution in [0.4, 0.5) is 0 Å². The summed E-state index contributed by atoms with van der Waals surface area (Å²) in [6.45, 7) is 5.71. The number of benzene rings is 1. The molecule has 2 heterocycles. The average molecular weight is 396 g/mol. The smallest absolute Gasteiger partial charge is 0.255 e. The SMILES string of the molecule is CCNCC1CCN(C(=O)C2CSCN2C(=O)c2ccc(Cl)cc2)CC1. The zero-order valence-corrected chi connectivity index (χ0v) is 16.7. The molecule has 2 aliphatic heterocycles. The largest absolute Gasteiger partial charge is 0.341 e. The van der Waals surface area contributed by atoms with Gasteiger partial charge in [-0.2, -0.15) is 0 Å². The molecule has 142 valence electrons. The van der Waals surface area contributed by atoms with Gasteiger partial charge in [-0.1, -0.05) is 18.5 Å². The number of hydrogen-bond donors (Lipinski definition) is 1. The lowest BCUT2D eigenvalue weighted by Gasteiger charge is -2.35. The summed E-state index contributed by atoms with van der Waals surface area (Å²) in [7, 11) is 0. The molecule has 0 spiro atoms. The van der Waals surface area contributed by atoms with E-state index in [0.29, 0.717) is 28.1 Å². The minimum atomic E-state index is -0.353. The Morgan fingerprint density at radius 3 is 2.58 bits per heavy atom. The molecule has 1 atom stereocenters. The second-order valence-electron chi connectivity index (χ2n) is 6.87. The number of piperidine rings is 1. The Morgan fingerprint density at radius 2 is 1.92 bits per heavy atom. The van der Waals surface area contributed by atoms with Crippen LogP contribution in [-0.4, -0.2) is 65.5 Å². The zero-order chi connectivity index (χ0) is 18.5. The molecule has 0 radical (unpaired) electrons. The van der Waals surface area contributed by atoms with Gasteiger partial charge in [0, 0.05) is 29.4 Å². The topological polar surface area (TPSA) is 52.7 Å². The van der Waals surface area contributed by atoms with Crippen molar-refractivity contribution in [1.29, 1.82) is 0 Å². The highest BCUT2D eigenvalue weighted by Gasteiger charge is 2.38. The number of hydrogen-bond acceptors (Lipinski definition) is 4. The summed E-state index contributed by atoms with van der Waals surface area (Å²) in [4.78, 5) is 29.5. The van der Waals surface area contributed by atoms with Gasteiger partial charge in [0.05, 0.1) is 5.88 Å². The van der Waals surface area contributed by atoms with Gasteiger partial charge in [0.15, 0.2) is 0 Å². The van der Waals surface area contributed by atoms with Crippen molar-refractivity contribution in [2.45, 2.75) is 25.8 Å². The van der Waals surface area contributed by atoms with Gasteiger partial charge < -0.3 is 15.1 Å². The number of halogens is 1. The number of nitrogens with zero attached hydrogens (tertiary/aromatic N) is 2. The molecule has 3 rings (SSSR count). The first kappa shape index (κ1) is 19.5. The second kappa shape index (κ2) is 9.11. The maximum Gasteiger partial charge on any atom is 0.255 e. The van der Waals surface area contributed by atoms with E-state index in [1.807, 2.05) is 4.90 Å². The lowest BCUT2D eigenvalue weighted by Crippen LogP contribution is -2.51. The Labute approximate surface area is 164 Å². The molecule has 0 saturated carbocycles. The van der Waals surface area contributed by atoms with Crippen LogP contribution in [-0.2, 0) is 4.79 Å². The Kier molecular flexibility index (Phi) is 6.84. The third-order valence-corrected chi connectivity index (χ3v) is 6.39. The third kappa shape index (κ3) is 4.53. The second-order valence-corrected chi connectivity index (χ2v) is 8.31. The zero-order valence-electron chi connectivity index (χ0n) is 15.1. The number of amides is 2. The maximum absolute atomic E-state index is 13.0. The van der Waals surface area contributed by atoms with Crippen LogP contribution >= 0.6 is 23.4 Å². The minimum Gasteiger partial charge on any atom is -0.341 e. The van der Waals surface area contributed by atoms with E-state index in [4.69, 9.17) is 11.6 Å². The van der Waals surface area contributed by atoms with Gasteiger partial charge in [0.1, 0.15) is 6.04 Å². The molecule has 0 aliphatic carbocycles. The lowest BCUT2D eigenvalue weighted by molar-refractivity contribution is -0.136. The van der Waals surface area contributed by atoms with Crippen LogP contribution in [0, 0.1) is 5.92 Å². The molecular formula is C19H26ClN3O2S. The van der Waals surface area contributed by atoms with E-state index in [9.17, 15) is 9.59 Å². The average Bonchev–Trinajstić information content (AvgIpc) is 3.16. The summed E-state index contributed by atoms with van der Waals surface area (Å²) in [6, 6.07) is 6.52. The van der Waals surface area contributed by atoms with Crippen LogP contribution in [0.25, 0.3) is 0 Å². The Morgan fingerprint density at radius 1 is 1.23 bits per heavy atom. The van der Waals surface area contributed by atoms with Crippen molar-refractivity contribution in [3.63, 3.8) is 0 Å². The summed E-state index contributed by atoms with van der Waals surface area (Å²) >= 11 is 7.55. The molecule has 0 bridgehead atoms. The number of likely N-dealkylation sites (tertiary alicyclic amines) is 1. The van der Waals surface area contributed by atoms with E-state index in [-0.39, 0.29) is 17.9 Å². The molecule has 2 saturated heterocycles. The highest BCUT2D eigenvalue weighted by molar-refractivity contribution is 7.99. The number of carbonyl (C=O) groups is 2. The lowest BCUT2D eigenvalue weighted by atomic mass is 9.96. The predicted molar refractivity (Wildman–Crippen MR) is 107 cm³/mol. The molecule has 2 aliphatic rings. The molecule has 2 fully saturated rings. The Hall–Kier alpha value is -1.24. The van der Waals surface area contributed by atoms with Gasteiger partial charge in [-0.25, -0.2) is 0 Å². The quantitative estimate of drug-likeness (QED) is 0.832. The third-order valence-electron chi connectivity index (χ3n) is 5.13. The highest BCUT2D eigenvalue weighted by Crippen LogP contribution is 2.27. The summed E-state index contributed by atoms with van der Waals surface area (Å²) in [5, 5.41) is 3.99. The molecule has 1 N–H and O–H groups in total. The molecule has 0 aromatic heterocycles. The fraction of sp³-hybridized carbons (Fsp3) is 0.579. The van der Waals surface area contributed by atoms with Crippen LogP contribution in [0.5, 0.6) is 0 Å². The molecule has 1 aromatic rings.